The molecule has 122 valence electrons. The predicted molar refractivity (Wildman–Crippen MR) is 93.1 cm³/mol. The molecule has 2 N–H and O–H groups in total. The molecule has 1 amide bonds. The van der Waals surface area contributed by atoms with Crippen molar-refractivity contribution < 1.29 is 9.53 Å². The van der Waals surface area contributed by atoms with Gasteiger partial charge in [0.1, 0.15) is 11.6 Å². The summed E-state index contributed by atoms with van der Waals surface area (Å²) in [4.78, 5) is 19.7. The van der Waals surface area contributed by atoms with Gasteiger partial charge >= 0.3 is 0 Å². The molecule has 0 bridgehead atoms. The molecule has 3 aromatic rings. The van der Waals surface area contributed by atoms with Crippen molar-refractivity contribution in [2.45, 2.75) is 6.42 Å². The molecule has 0 fully saturated rings. The van der Waals surface area contributed by atoms with Gasteiger partial charge in [-0.2, -0.15) is 0 Å². The largest absolute Gasteiger partial charge is 0.497 e. The van der Waals surface area contributed by atoms with Crippen LogP contribution in [0.5, 0.6) is 5.75 Å². The fourth-order valence-electron chi connectivity index (χ4n) is 2.38. The fraction of sp³-hybridized carbons (Fsp3) is 0.158. The summed E-state index contributed by atoms with van der Waals surface area (Å²) in [5.74, 6) is 1.48. The molecule has 0 aliphatic carbocycles. The van der Waals surface area contributed by atoms with Gasteiger partial charge in [0.15, 0.2) is 0 Å². The molecular weight excluding hydrogens is 302 g/mol. The summed E-state index contributed by atoms with van der Waals surface area (Å²) >= 11 is 0. The Balaban J connectivity index is 1.53. The smallest absolute Gasteiger partial charge is 0.251 e. The quantitative estimate of drug-likeness (QED) is 0.733. The number of benzene rings is 2. The van der Waals surface area contributed by atoms with Crippen molar-refractivity contribution in [2.24, 2.45) is 0 Å². The standard InChI is InChI=1S/C19H19N3O2/c1-24-17-9-7-15(8-10-17)19(23)20-12-11-16-13-21-18(22-16)14-5-3-2-4-6-14/h2-10,13H,11-12H2,1H3,(H,20,23)(H,21,22). The summed E-state index contributed by atoms with van der Waals surface area (Å²) < 4.78 is 5.08. The molecule has 5 nitrogen and oxygen atoms in total. The minimum absolute atomic E-state index is 0.0968. The van der Waals surface area contributed by atoms with E-state index in [1.54, 1.807) is 31.4 Å². The molecule has 2 aromatic carbocycles. The van der Waals surface area contributed by atoms with Gasteiger partial charge in [-0.25, -0.2) is 4.98 Å². The Kier molecular flexibility index (Phi) is 4.91. The molecule has 1 aromatic heterocycles. The number of imidazole rings is 1. The Morgan fingerprint density at radius 2 is 1.88 bits per heavy atom. The molecule has 5 heteroatoms. The molecule has 0 saturated heterocycles. The number of aromatic amines is 1. The van der Waals surface area contributed by atoms with Gasteiger partial charge in [-0.15, -0.1) is 0 Å². The second kappa shape index (κ2) is 7.46. The van der Waals surface area contributed by atoms with Crippen LogP contribution < -0.4 is 10.1 Å². The Hall–Kier alpha value is -3.08. The van der Waals surface area contributed by atoms with Crippen LogP contribution in [0.3, 0.4) is 0 Å². The monoisotopic (exact) mass is 321 g/mol. The highest BCUT2D eigenvalue weighted by molar-refractivity contribution is 5.94. The van der Waals surface area contributed by atoms with Gasteiger partial charge in [-0.1, -0.05) is 30.3 Å². The van der Waals surface area contributed by atoms with Crippen molar-refractivity contribution in [3.8, 4) is 17.1 Å². The first-order chi connectivity index (χ1) is 11.8. The molecule has 0 aliphatic heterocycles. The maximum absolute atomic E-state index is 12.1. The van der Waals surface area contributed by atoms with Crippen LogP contribution >= 0.6 is 0 Å². The molecule has 0 unspecified atom stereocenters. The topological polar surface area (TPSA) is 67.0 Å². The van der Waals surface area contributed by atoms with E-state index in [4.69, 9.17) is 4.74 Å². The third-order valence-corrected chi connectivity index (χ3v) is 3.71. The number of hydrogen-bond acceptors (Lipinski definition) is 3. The Morgan fingerprint density at radius 3 is 2.58 bits per heavy atom. The SMILES string of the molecule is COc1ccc(C(=O)NCCc2cnc(-c3ccccc3)[nH]2)cc1. The lowest BCUT2D eigenvalue weighted by atomic mass is 10.2. The minimum Gasteiger partial charge on any atom is -0.497 e. The highest BCUT2D eigenvalue weighted by Crippen LogP contribution is 2.15. The van der Waals surface area contributed by atoms with Gasteiger partial charge in [-0.05, 0) is 24.3 Å². The summed E-state index contributed by atoms with van der Waals surface area (Å²) in [6, 6.07) is 17.0. The Bertz CT molecular complexity index is 795. The van der Waals surface area contributed by atoms with Crippen LogP contribution in [-0.4, -0.2) is 29.5 Å². The number of rotatable bonds is 6. The zero-order valence-corrected chi connectivity index (χ0v) is 13.5. The van der Waals surface area contributed by atoms with Crippen molar-refractivity contribution in [1.82, 2.24) is 15.3 Å². The number of carbonyl (C=O) groups is 1. The number of nitrogens with zero attached hydrogens (tertiary/aromatic N) is 1. The van der Waals surface area contributed by atoms with Gasteiger partial charge in [0.2, 0.25) is 0 Å². The van der Waals surface area contributed by atoms with E-state index in [-0.39, 0.29) is 5.91 Å². The van der Waals surface area contributed by atoms with Crippen LogP contribution in [0.15, 0.2) is 60.8 Å². The molecule has 1 heterocycles. The number of carbonyl (C=O) groups excluding carboxylic acids is 1. The van der Waals surface area contributed by atoms with E-state index >= 15 is 0 Å². The maximum atomic E-state index is 12.1. The first-order valence-corrected chi connectivity index (χ1v) is 7.78. The average Bonchev–Trinajstić information content (AvgIpc) is 3.11. The normalized spacial score (nSPS) is 10.4. The minimum atomic E-state index is -0.0968. The van der Waals surface area contributed by atoms with E-state index in [2.05, 4.69) is 15.3 Å². The van der Waals surface area contributed by atoms with Crippen LogP contribution in [0.4, 0.5) is 0 Å². The first kappa shape index (κ1) is 15.8. The third-order valence-electron chi connectivity index (χ3n) is 3.71. The predicted octanol–water partition coefficient (Wildman–Crippen LogP) is 3.06. The second-order valence-corrected chi connectivity index (χ2v) is 5.36. The summed E-state index contributed by atoms with van der Waals surface area (Å²) in [7, 11) is 1.60. The van der Waals surface area contributed by atoms with Gasteiger partial charge in [0.05, 0.1) is 7.11 Å². The molecule has 0 radical (unpaired) electrons. The average molecular weight is 321 g/mol. The number of H-pyrrole nitrogens is 1. The number of amides is 1. The highest BCUT2D eigenvalue weighted by atomic mass is 16.5. The summed E-state index contributed by atoms with van der Waals surface area (Å²) in [5.41, 5.74) is 2.65. The van der Waals surface area contributed by atoms with E-state index < -0.39 is 0 Å². The second-order valence-electron chi connectivity index (χ2n) is 5.36. The highest BCUT2D eigenvalue weighted by Gasteiger charge is 2.06. The third kappa shape index (κ3) is 3.81. The molecule has 3 rings (SSSR count). The molecule has 0 aliphatic rings. The maximum Gasteiger partial charge on any atom is 0.251 e. The van der Waals surface area contributed by atoms with Gasteiger partial charge < -0.3 is 15.0 Å². The lowest BCUT2D eigenvalue weighted by molar-refractivity contribution is 0.0954. The van der Waals surface area contributed by atoms with Gasteiger partial charge in [-0.3, -0.25) is 4.79 Å². The lowest BCUT2D eigenvalue weighted by Gasteiger charge is -2.05. The van der Waals surface area contributed by atoms with Crippen molar-refractivity contribution in [1.29, 1.82) is 0 Å². The molecule has 0 saturated carbocycles. The number of ether oxygens (including phenoxy) is 1. The van der Waals surface area contributed by atoms with E-state index in [1.165, 1.54) is 0 Å². The van der Waals surface area contributed by atoms with Crippen LogP contribution in [-0.2, 0) is 6.42 Å². The van der Waals surface area contributed by atoms with Crippen LogP contribution in [0, 0.1) is 0 Å². The zero-order valence-electron chi connectivity index (χ0n) is 13.5. The van der Waals surface area contributed by atoms with Crippen molar-refractivity contribution in [3.63, 3.8) is 0 Å². The Labute approximate surface area is 140 Å². The van der Waals surface area contributed by atoms with Crippen molar-refractivity contribution >= 4 is 5.91 Å². The van der Waals surface area contributed by atoms with Crippen molar-refractivity contribution in [2.75, 3.05) is 13.7 Å². The van der Waals surface area contributed by atoms with Crippen LogP contribution in [0.25, 0.3) is 11.4 Å². The van der Waals surface area contributed by atoms with E-state index in [0.717, 1.165) is 22.8 Å². The number of aromatic nitrogens is 2. The number of nitrogens with one attached hydrogen (secondary N) is 2. The summed E-state index contributed by atoms with van der Waals surface area (Å²) in [6.07, 6.45) is 2.50. The summed E-state index contributed by atoms with van der Waals surface area (Å²) in [5, 5.41) is 2.91. The zero-order chi connectivity index (χ0) is 16.8. The molecule has 0 spiro atoms. The van der Waals surface area contributed by atoms with Gasteiger partial charge in [0.25, 0.3) is 5.91 Å². The van der Waals surface area contributed by atoms with Crippen LogP contribution in [0.2, 0.25) is 0 Å². The first-order valence-electron chi connectivity index (χ1n) is 7.78. The number of hydrogen-bond donors (Lipinski definition) is 2. The molecule has 24 heavy (non-hydrogen) atoms. The summed E-state index contributed by atoms with van der Waals surface area (Å²) in [6.45, 7) is 0.543. The van der Waals surface area contributed by atoms with E-state index in [0.29, 0.717) is 18.5 Å². The molecular formula is C19H19N3O2. The van der Waals surface area contributed by atoms with Crippen LogP contribution in [0.1, 0.15) is 16.1 Å². The lowest BCUT2D eigenvalue weighted by Crippen LogP contribution is -2.25. The van der Waals surface area contributed by atoms with Crippen molar-refractivity contribution in [3.05, 3.63) is 72.1 Å². The molecule has 0 atom stereocenters. The van der Waals surface area contributed by atoms with E-state index in [1.807, 2.05) is 36.5 Å². The van der Waals surface area contributed by atoms with Gasteiger partial charge in [0, 0.05) is 36.0 Å². The number of methoxy groups -OCH3 is 1. The fourth-order valence-corrected chi connectivity index (χ4v) is 2.38. The Morgan fingerprint density at radius 1 is 1.12 bits per heavy atom. The van der Waals surface area contributed by atoms with E-state index in [9.17, 15) is 4.79 Å².